The van der Waals surface area contributed by atoms with Crippen molar-refractivity contribution < 1.29 is 9.53 Å². The molecule has 0 aromatic heterocycles. The summed E-state index contributed by atoms with van der Waals surface area (Å²) in [7, 11) is 3.97. The molecule has 0 unspecified atom stereocenters. The van der Waals surface area contributed by atoms with E-state index in [0.717, 1.165) is 11.3 Å². The van der Waals surface area contributed by atoms with E-state index in [4.69, 9.17) is 4.74 Å². The highest BCUT2D eigenvalue weighted by Crippen LogP contribution is 2.12. The molecule has 0 saturated carbocycles. The third-order valence-corrected chi connectivity index (χ3v) is 1.89. The van der Waals surface area contributed by atoms with E-state index in [2.05, 4.69) is 0 Å². The van der Waals surface area contributed by atoms with Gasteiger partial charge in [0.1, 0.15) is 6.61 Å². The van der Waals surface area contributed by atoms with Crippen LogP contribution < -0.4 is 4.90 Å². The summed E-state index contributed by atoms with van der Waals surface area (Å²) in [4.78, 5) is 12.6. The second-order valence-electron chi connectivity index (χ2n) is 3.34. The number of nitrogens with zero attached hydrogens (tertiary/aromatic N) is 1. The highest BCUT2D eigenvalue weighted by atomic mass is 16.5. The molecule has 1 rings (SSSR count). The van der Waals surface area contributed by atoms with Gasteiger partial charge in [-0.05, 0) is 17.7 Å². The van der Waals surface area contributed by atoms with Crippen LogP contribution in [0, 0.1) is 0 Å². The minimum absolute atomic E-state index is 0.248. The number of esters is 1. The largest absolute Gasteiger partial charge is 0.461 e. The zero-order chi connectivity index (χ0) is 10.6. The van der Waals surface area contributed by atoms with Gasteiger partial charge >= 0.3 is 5.97 Å². The Hall–Kier alpha value is -1.51. The zero-order valence-electron chi connectivity index (χ0n) is 8.78. The molecule has 0 radical (unpaired) electrons. The van der Waals surface area contributed by atoms with Crippen molar-refractivity contribution in [1.29, 1.82) is 0 Å². The van der Waals surface area contributed by atoms with E-state index in [1.165, 1.54) is 6.92 Å². The molecule has 0 bridgehead atoms. The van der Waals surface area contributed by atoms with Crippen LogP contribution in [0.1, 0.15) is 12.5 Å². The maximum absolute atomic E-state index is 10.6. The molecule has 76 valence electrons. The molecular formula is C11H15NO2. The molecule has 0 aliphatic heterocycles. The number of hydrogen-bond acceptors (Lipinski definition) is 3. The molecule has 1 aromatic rings. The second-order valence-corrected chi connectivity index (χ2v) is 3.34. The van der Waals surface area contributed by atoms with Gasteiger partial charge in [-0.25, -0.2) is 0 Å². The van der Waals surface area contributed by atoms with E-state index < -0.39 is 0 Å². The monoisotopic (exact) mass is 193 g/mol. The molecule has 3 nitrogen and oxygen atoms in total. The van der Waals surface area contributed by atoms with Crippen LogP contribution in [-0.2, 0) is 16.1 Å². The Morgan fingerprint density at radius 3 is 2.29 bits per heavy atom. The molecule has 0 atom stereocenters. The molecule has 0 N–H and O–H groups in total. The number of carbonyl (C=O) groups is 1. The average molecular weight is 193 g/mol. The number of ether oxygens (including phenoxy) is 1. The summed E-state index contributed by atoms with van der Waals surface area (Å²) < 4.78 is 4.88. The lowest BCUT2D eigenvalue weighted by Gasteiger charge is -2.12. The maximum atomic E-state index is 10.6. The first-order valence-electron chi connectivity index (χ1n) is 4.49. The minimum Gasteiger partial charge on any atom is -0.461 e. The van der Waals surface area contributed by atoms with Gasteiger partial charge < -0.3 is 9.64 Å². The van der Waals surface area contributed by atoms with E-state index in [1.807, 2.05) is 43.3 Å². The molecular weight excluding hydrogens is 178 g/mol. The van der Waals surface area contributed by atoms with Gasteiger partial charge in [-0.15, -0.1) is 0 Å². The summed E-state index contributed by atoms with van der Waals surface area (Å²) in [6, 6.07) is 7.91. The fourth-order valence-electron chi connectivity index (χ4n) is 1.08. The molecule has 1 aromatic carbocycles. The fourth-order valence-corrected chi connectivity index (χ4v) is 1.08. The predicted molar refractivity (Wildman–Crippen MR) is 56.2 cm³/mol. The molecule has 0 amide bonds. The Morgan fingerprint density at radius 1 is 1.29 bits per heavy atom. The van der Waals surface area contributed by atoms with Gasteiger partial charge in [-0.2, -0.15) is 0 Å². The highest BCUT2D eigenvalue weighted by Gasteiger charge is 1.97. The number of hydrogen-bond donors (Lipinski definition) is 0. The number of rotatable bonds is 3. The van der Waals surface area contributed by atoms with Crippen LogP contribution in [0.5, 0.6) is 0 Å². The quantitative estimate of drug-likeness (QED) is 0.686. The molecule has 0 heterocycles. The Balaban J connectivity index is 2.59. The Labute approximate surface area is 84.3 Å². The van der Waals surface area contributed by atoms with Crippen molar-refractivity contribution in [1.82, 2.24) is 0 Å². The van der Waals surface area contributed by atoms with Crippen molar-refractivity contribution in [2.45, 2.75) is 13.5 Å². The Bertz CT molecular complexity index is 304. The lowest BCUT2D eigenvalue weighted by Crippen LogP contribution is -2.08. The number of anilines is 1. The smallest absolute Gasteiger partial charge is 0.302 e. The first-order chi connectivity index (χ1) is 6.59. The van der Waals surface area contributed by atoms with E-state index in [9.17, 15) is 4.79 Å². The fraction of sp³-hybridized carbons (Fsp3) is 0.364. The zero-order valence-corrected chi connectivity index (χ0v) is 8.78. The van der Waals surface area contributed by atoms with Crippen molar-refractivity contribution in [3.63, 3.8) is 0 Å². The normalized spacial score (nSPS) is 9.64. The summed E-state index contributed by atoms with van der Waals surface area (Å²) in [5.41, 5.74) is 2.14. The van der Waals surface area contributed by atoms with Crippen LogP contribution in [0.2, 0.25) is 0 Å². The molecule has 0 saturated heterocycles. The first kappa shape index (κ1) is 10.6. The first-order valence-corrected chi connectivity index (χ1v) is 4.49. The van der Waals surface area contributed by atoms with Crippen LogP contribution >= 0.6 is 0 Å². The number of benzene rings is 1. The van der Waals surface area contributed by atoms with E-state index in [1.54, 1.807) is 0 Å². The van der Waals surface area contributed by atoms with Gasteiger partial charge in [-0.1, -0.05) is 12.1 Å². The third-order valence-electron chi connectivity index (χ3n) is 1.89. The Kier molecular flexibility index (Phi) is 3.51. The number of carbonyl (C=O) groups excluding carboxylic acids is 1. The van der Waals surface area contributed by atoms with Gasteiger partial charge in [0.05, 0.1) is 0 Å². The van der Waals surface area contributed by atoms with Gasteiger partial charge in [0.15, 0.2) is 0 Å². The second kappa shape index (κ2) is 4.65. The van der Waals surface area contributed by atoms with Crippen molar-refractivity contribution in [2.75, 3.05) is 19.0 Å². The van der Waals surface area contributed by atoms with Crippen LogP contribution in [0.25, 0.3) is 0 Å². The van der Waals surface area contributed by atoms with Gasteiger partial charge in [-0.3, -0.25) is 4.79 Å². The molecule has 14 heavy (non-hydrogen) atoms. The maximum Gasteiger partial charge on any atom is 0.302 e. The van der Waals surface area contributed by atoms with Gasteiger partial charge in [0.2, 0.25) is 0 Å². The van der Waals surface area contributed by atoms with Crippen molar-refractivity contribution in [3.8, 4) is 0 Å². The van der Waals surface area contributed by atoms with Crippen molar-refractivity contribution >= 4 is 11.7 Å². The molecule has 0 aliphatic carbocycles. The topological polar surface area (TPSA) is 29.5 Å². The predicted octanol–water partition coefficient (Wildman–Crippen LogP) is 1.82. The van der Waals surface area contributed by atoms with Gasteiger partial charge in [0, 0.05) is 26.7 Å². The molecule has 0 aliphatic rings. The lowest BCUT2D eigenvalue weighted by atomic mass is 10.2. The average Bonchev–Trinajstić information content (AvgIpc) is 2.15. The third kappa shape index (κ3) is 3.09. The molecule has 0 fully saturated rings. The summed E-state index contributed by atoms with van der Waals surface area (Å²) in [5.74, 6) is -0.248. The summed E-state index contributed by atoms with van der Waals surface area (Å²) in [6.07, 6.45) is 0. The minimum atomic E-state index is -0.248. The molecule has 0 spiro atoms. The van der Waals surface area contributed by atoms with Crippen LogP contribution in [0.3, 0.4) is 0 Å². The van der Waals surface area contributed by atoms with Crippen LogP contribution in [0.4, 0.5) is 5.69 Å². The highest BCUT2D eigenvalue weighted by molar-refractivity contribution is 5.65. The van der Waals surface area contributed by atoms with E-state index in [-0.39, 0.29) is 5.97 Å². The Morgan fingerprint density at radius 2 is 1.86 bits per heavy atom. The summed E-state index contributed by atoms with van der Waals surface area (Å²) >= 11 is 0. The van der Waals surface area contributed by atoms with Gasteiger partial charge in [0.25, 0.3) is 0 Å². The lowest BCUT2D eigenvalue weighted by molar-refractivity contribution is -0.142. The van der Waals surface area contributed by atoms with Crippen LogP contribution in [-0.4, -0.2) is 20.1 Å². The standard InChI is InChI=1S/C11H15NO2/c1-9(13)14-8-10-4-6-11(7-5-10)12(2)3/h4-7H,8H2,1-3H3. The van der Waals surface area contributed by atoms with Crippen molar-refractivity contribution in [3.05, 3.63) is 29.8 Å². The summed E-state index contributed by atoms with van der Waals surface area (Å²) in [6.45, 7) is 1.76. The molecule has 3 heteroatoms. The van der Waals surface area contributed by atoms with E-state index >= 15 is 0 Å². The van der Waals surface area contributed by atoms with Crippen LogP contribution in [0.15, 0.2) is 24.3 Å². The van der Waals surface area contributed by atoms with Crippen molar-refractivity contribution in [2.24, 2.45) is 0 Å². The summed E-state index contributed by atoms with van der Waals surface area (Å²) in [5, 5.41) is 0. The SMILES string of the molecule is CC(=O)OCc1ccc(N(C)C)cc1. The van der Waals surface area contributed by atoms with E-state index in [0.29, 0.717) is 6.61 Å².